The number of benzene rings is 2. The molecule has 0 aromatic heterocycles. The molecular weight excluding hydrogens is 324 g/mol. The summed E-state index contributed by atoms with van der Waals surface area (Å²) in [5.74, 6) is 5.49. The number of terminal acetylenes is 2. The van der Waals surface area contributed by atoms with Crippen LogP contribution in [-0.2, 0) is 12.8 Å². The third kappa shape index (κ3) is 4.12. The highest BCUT2D eigenvalue weighted by Gasteiger charge is 2.15. The standard InChI is InChI=1S/C18H12N2O5/c1-3-5-13-11-15(19(21)22)7-9-17(13)25-18-10-8-16(20(23)24)12-14(18)6-4-2/h1-2,7-12H,5-6H2. The van der Waals surface area contributed by atoms with Gasteiger partial charge in [0.15, 0.2) is 0 Å². The van der Waals surface area contributed by atoms with E-state index in [4.69, 9.17) is 17.6 Å². The number of rotatable bonds is 6. The van der Waals surface area contributed by atoms with Gasteiger partial charge < -0.3 is 4.74 Å². The zero-order chi connectivity index (χ0) is 18.4. The van der Waals surface area contributed by atoms with Gasteiger partial charge in [0.2, 0.25) is 0 Å². The molecule has 0 saturated carbocycles. The lowest BCUT2D eigenvalue weighted by Gasteiger charge is -2.12. The summed E-state index contributed by atoms with van der Waals surface area (Å²) in [5.41, 5.74) is 0.707. The smallest absolute Gasteiger partial charge is 0.270 e. The SMILES string of the molecule is C#CCc1cc([N+](=O)[O-])ccc1Oc1ccc([N+](=O)[O-])cc1CC#C. The number of nitrogens with zero attached hydrogens (tertiary/aromatic N) is 2. The molecule has 0 aliphatic rings. The third-order valence-electron chi connectivity index (χ3n) is 3.31. The Bertz CT molecular complexity index is 847. The number of nitro benzene ring substituents is 2. The summed E-state index contributed by atoms with van der Waals surface area (Å²) in [5, 5.41) is 21.8. The molecule has 2 aromatic carbocycles. The fraction of sp³-hybridized carbons (Fsp3) is 0.111. The van der Waals surface area contributed by atoms with Gasteiger partial charge in [-0.1, -0.05) is 0 Å². The molecule has 7 nitrogen and oxygen atoms in total. The van der Waals surface area contributed by atoms with Crippen LogP contribution < -0.4 is 4.74 Å². The summed E-state index contributed by atoms with van der Waals surface area (Å²) < 4.78 is 5.78. The van der Waals surface area contributed by atoms with Crippen molar-refractivity contribution in [3.05, 3.63) is 67.8 Å². The van der Waals surface area contributed by atoms with Crippen molar-refractivity contribution in [2.75, 3.05) is 0 Å². The fourth-order valence-electron chi connectivity index (χ4n) is 2.17. The van der Waals surface area contributed by atoms with Crippen LogP contribution in [0.1, 0.15) is 11.1 Å². The molecule has 0 atom stereocenters. The average molecular weight is 336 g/mol. The molecular formula is C18H12N2O5. The first-order valence-corrected chi connectivity index (χ1v) is 7.05. The van der Waals surface area contributed by atoms with E-state index < -0.39 is 9.85 Å². The maximum atomic E-state index is 10.9. The molecule has 0 aliphatic carbocycles. The van der Waals surface area contributed by atoms with Gasteiger partial charge in [0.05, 0.1) is 9.85 Å². The average Bonchev–Trinajstić information content (AvgIpc) is 2.58. The summed E-state index contributed by atoms with van der Waals surface area (Å²) >= 11 is 0. The van der Waals surface area contributed by atoms with E-state index in [0.717, 1.165) is 0 Å². The first-order chi connectivity index (χ1) is 12.0. The summed E-state index contributed by atoms with van der Waals surface area (Å²) in [6, 6.07) is 8.13. The zero-order valence-electron chi connectivity index (χ0n) is 13.0. The Hall–Kier alpha value is -3.84. The Balaban J connectivity index is 2.45. The van der Waals surface area contributed by atoms with E-state index in [1.165, 1.54) is 36.4 Å². The predicted molar refractivity (Wildman–Crippen MR) is 91.3 cm³/mol. The Morgan fingerprint density at radius 3 is 1.56 bits per heavy atom. The van der Waals surface area contributed by atoms with E-state index in [2.05, 4.69) is 11.8 Å². The van der Waals surface area contributed by atoms with Gasteiger partial charge in [0.25, 0.3) is 11.4 Å². The molecule has 0 N–H and O–H groups in total. The van der Waals surface area contributed by atoms with E-state index in [1.807, 2.05) is 0 Å². The molecule has 0 unspecified atom stereocenters. The van der Waals surface area contributed by atoms with Crippen molar-refractivity contribution in [1.29, 1.82) is 0 Å². The highest BCUT2D eigenvalue weighted by Crippen LogP contribution is 2.33. The molecule has 0 radical (unpaired) electrons. The van der Waals surface area contributed by atoms with Crippen molar-refractivity contribution >= 4 is 11.4 Å². The fourth-order valence-corrected chi connectivity index (χ4v) is 2.17. The first-order valence-electron chi connectivity index (χ1n) is 7.05. The van der Waals surface area contributed by atoms with Crippen LogP contribution in [0.5, 0.6) is 11.5 Å². The van der Waals surface area contributed by atoms with E-state index in [-0.39, 0.29) is 24.2 Å². The number of non-ortho nitro benzene ring substituents is 2. The number of hydrogen-bond donors (Lipinski definition) is 0. The Morgan fingerprint density at radius 2 is 1.24 bits per heavy atom. The summed E-state index contributed by atoms with van der Waals surface area (Å²) in [7, 11) is 0. The van der Waals surface area contributed by atoms with Crippen LogP contribution in [0.25, 0.3) is 0 Å². The predicted octanol–water partition coefficient (Wildman–Crippen LogP) is 3.65. The second-order valence-corrected chi connectivity index (χ2v) is 4.96. The minimum atomic E-state index is -0.528. The summed E-state index contributed by atoms with van der Waals surface area (Å²) in [6.45, 7) is 0. The maximum Gasteiger partial charge on any atom is 0.270 e. The minimum absolute atomic E-state index is 0.106. The quantitative estimate of drug-likeness (QED) is 0.456. The molecule has 0 bridgehead atoms. The number of ether oxygens (including phenoxy) is 1. The van der Waals surface area contributed by atoms with E-state index in [1.54, 1.807) is 0 Å². The van der Waals surface area contributed by atoms with Gasteiger partial charge in [-0.25, -0.2) is 0 Å². The highest BCUT2D eigenvalue weighted by molar-refractivity contribution is 5.50. The highest BCUT2D eigenvalue weighted by atomic mass is 16.6. The van der Waals surface area contributed by atoms with Crippen molar-refractivity contribution in [3.63, 3.8) is 0 Å². The van der Waals surface area contributed by atoms with Crippen molar-refractivity contribution in [1.82, 2.24) is 0 Å². The van der Waals surface area contributed by atoms with Gasteiger partial charge in [-0.05, 0) is 12.1 Å². The van der Waals surface area contributed by atoms with Gasteiger partial charge in [0, 0.05) is 48.2 Å². The Labute approximate surface area is 143 Å². The molecule has 0 amide bonds. The molecule has 0 saturated heterocycles. The van der Waals surface area contributed by atoms with Crippen molar-refractivity contribution in [2.24, 2.45) is 0 Å². The molecule has 2 rings (SSSR count). The normalized spacial score (nSPS) is 9.68. The number of nitro groups is 2. The van der Waals surface area contributed by atoms with Crippen LogP contribution in [-0.4, -0.2) is 9.85 Å². The Morgan fingerprint density at radius 1 is 0.840 bits per heavy atom. The van der Waals surface area contributed by atoms with Gasteiger partial charge in [-0.3, -0.25) is 20.2 Å². The van der Waals surface area contributed by atoms with E-state index in [9.17, 15) is 20.2 Å². The van der Waals surface area contributed by atoms with Crippen LogP contribution >= 0.6 is 0 Å². The van der Waals surface area contributed by atoms with Gasteiger partial charge in [0.1, 0.15) is 11.5 Å². The second-order valence-electron chi connectivity index (χ2n) is 4.96. The molecule has 7 heteroatoms. The van der Waals surface area contributed by atoms with E-state index >= 15 is 0 Å². The van der Waals surface area contributed by atoms with Crippen LogP contribution in [0.4, 0.5) is 11.4 Å². The summed E-state index contributed by atoms with van der Waals surface area (Å²) in [6.07, 6.45) is 10.9. The lowest BCUT2D eigenvalue weighted by atomic mass is 10.1. The molecule has 0 heterocycles. The first kappa shape index (κ1) is 17.5. The van der Waals surface area contributed by atoms with Gasteiger partial charge in [-0.15, -0.1) is 24.7 Å². The van der Waals surface area contributed by atoms with Crippen LogP contribution in [0, 0.1) is 44.9 Å². The second kappa shape index (κ2) is 7.62. The molecule has 124 valence electrons. The van der Waals surface area contributed by atoms with E-state index in [0.29, 0.717) is 22.6 Å². The molecule has 2 aromatic rings. The van der Waals surface area contributed by atoms with Crippen molar-refractivity contribution < 1.29 is 14.6 Å². The van der Waals surface area contributed by atoms with Gasteiger partial charge in [-0.2, -0.15) is 0 Å². The van der Waals surface area contributed by atoms with Crippen LogP contribution in [0.2, 0.25) is 0 Å². The molecule has 0 aliphatic heterocycles. The lowest BCUT2D eigenvalue weighted by molar-refractivity contribution is -0.385. The monoisotopic (exact) mass is 336 g/mol. The third-order valence-corrected chi connectivity index (χ3v) is 3.31. The molecule has 25 heavy (non-hydrogen) atoms. The Kier molecular flexibility index (Phi) is 5.34. The maximum absolute atomic E-state index is 10.9. The topological polar surface area (TPSA) is 95.5 Å². The van der Waals surface area contributed by atoms with Crippen LogP contribution in [0.15, 0.2) is 36.4 Å². The summed E-state index contributed by atoms with van der Waals surface area (Å²) in [4.78, 5) is 20.7. The number of hydrogen-bond acceptors (Lipinski definition) is 5. The minimum Gasteiger partial charge on any atom is -0.457 e. The molecule has 0 fully saturated rings. The van der Waals surface area contributed by atoms with Crippen molar-refractivity contribution in [3.8, 4) is 36.2 Å². The lowest BCUT2D eigenvalue weighted by Crippen LogP contribution is -1.98. The van der Waals surface area contributed by atoms with Gasteiger partial charge >= 0.3 is 0 Å². The van der Waals surface area contributed by atoms with Crippen LogP contribution in [0.3, 0.4) is 0 Å². The largest absolute Gasteiger partial charge is 0.457 e. The zero-order valence-corrected chi connectivity index (χ0v) is 13.0. The van der Waals surface area contributed by atoms with Crippen molar-refractivity contribution in [2.45, 2.75) is 12.8 Å². The molecule has 0 spiro atoms.